The van der Waals surface area contributed by atoms with E-state index in [0.717, 1.165) is 33.1 Å². The summed E-state index contributed by atoms with van der Waals surface area (Å²) >= 11 is 8.43. The van der Waals surface area contributed by atoms with E-state index in [1.165, 1.54) is 17.8 Å². The predicted octanol–water partition coefficient (Wildman–Crippen LogP) is 5.04. The topological polar surface area (TPSA) is 84.0 Å². The van der Waals surface area contributed by atoms with Crippen LogP contribution in [0.3, 0.4) is 0 Å². The van der Waals surface area contributed by atoms with Gasteiger partial charge in [0.2, 0.25) is 0 Å². The number of imide groups is 1. The van der Waals surface area contributed by atoms with Crippen molar-refractivity contribution in [2.75, 3.05) is 0 Å². The summed E-state index contributed by atoms with van der Waals surface area (Å²) < 4.78 is 2.58. The Labute approximate surface area is 182 Å². The van der Waals surface area contributed by atoms with Gasteiger partial charge in [0.25, 0.3) is 5.91 Å². The molecule has 0 atom stereocenters. The maximum absolute atomic E-state index is 12.0. The second kappa shape index (κ2) is 9.78. The normalized spacial score (nSPS) is 10.4. The molecule has 148 valence electrons. The van der Waals surface area contributed by atoms with Crippen molar-refractivity contribution < 1.29 is 9.59 Å². The van der Waals surface area contributed by atoms with E-state index in [2.05, 4.69) is 20.0 Å². The quantitative estimate of drug-likeness (QED) is 0.423. The third-order valence-corrected chi connectivity index (χ3v) is 5.47. The minimum absolute atomic E-state index is 0.313. The zero-order valence-electron chi connectivity index (χ0n) is 15.6. The van der Waals surface area contributed by atoms with Gasteiger partial charge in [-0.05, 0) is 86.1 Å². The van der Waals surface area contributed by atoms with Crippen LogP contribution in [-0.2, 0) is 0 Å². The minimum atomic E-state index is -0.609. The largest absolute Gasteiger partial charge is 0.331 e. The van der Waals surface area contributed by atoms with Crippen LogP contribution in [0.25, 0.3) is 0 Å². The lowest BCUT2D eigenvalue weighted by molar-refractivity contribution is 0.0965. The third kappa shape index (κ3) is 6.49. The third-order valence-electron chi connectivity index (χ3n) is 3.57. The van der Waals surface area contributed by atoms with Crippen LogP contribution < -0.4 is 10.0 Å². The van der Waals surface area contributed by atoms with Crippen LogP contribution in [0.2, 0.25) is 5.02 Å². The number of hydrogen-bond acceptors (Lipinski definition) is 6. The van der Waals surface area contributed by atoms with Gasteiger partial charge in [-0.15, -0.1) is 0 Å². The number of hydrogen-bond donors (Lipinski definition) is 2. The lowest BCUT2D eigenvalue weighted by Crippen LogP contribution is -2.36. The van der Waals surface area contributed by atoms with E-state index in [0.29, 0.717) is 15.7 Å². The predicted molar refractivity (Wildman–Crippen MR) is 115 cm³/mol. The van der Waals surface area contributed by atoms with Gasteiger partial charge in [-0.1, -0.05) is 17.7 Å². The number of urea groups is 1. The van der Waals surface area contributed by atoms with Crippen molar-refractivity contribution in [2.24, 2.45) is 0 Å². The first-order chi connectivity index (χ1) is 13.9. The van der Waals surface area contributed by atoms with Crippen molar-refractivity contribution in [3.05, 3.63) is 76.6 Å². The molecular weight excluding hydrogens is 428 g/mol. The molecule has 0 fully saturated rings. The number of nitrogens with zero attached hydrogens (tertiary/aromatic N) is 2. The molecule has 0 spiro atoms. The molecule has 1 aromatic heterocycles. The van der Waals surface area contributed by atoms with Crippen LogP contribution in [0.1, 0.15) is 21.7 Å². The van der Waals surface area contributed by atoms with Crippen molar-refractivity contribution in [1.29, 1.82) is 0 Å². The average Bonchev–Trinajstić information content (AvgIpc) is 2.66. The van der Waals surface area contributed by atoms with Gasteiger partial charge < -0.3 is 0 Å². The Hall–Kier alpha value is -2.55. The second-order valence-electron chi connectivity index (χ2n) is 6.00. The zero-order valence-corrected chi connectivity index (χ0v) is 18.0. The van der Waals surface area contributed by atoms with Crippen molar-refractivity contribution in [1.82, 2.24) is 20.0 Å². The maximum Gasteiger partial charge on any atom is 0.331 e. The van der Waals surface area contributed by atoms with Crippen molar-refractivity contribution >= 4 is 47.2 Å². The smallest absolute Gasteiger partial charge is 0.277 e. The summed E-state index contributed by atoms with van der Waals surface area (Å²) in [6.07, 6.45) is 0. The Morgan fingerprint density at radius 1 is 0.931 bits per heavy atom. The van der Waals surface area contributed by atoms with Crippen LogP contribution in [0.15, 0.2) is 69.5 Å². The number of halogens is 1. The summed E-state index contributed by atoms with van der Waals surface area (Å²) in [4.78, 5) is 34.6. The lowest BCUT2D eigenvalue weighted by atomic mass is 10.2. The second-order valence-corrected chi connectivity index (χ2v) is 8.36. The number of carbonyl (C=O) groups excluding carboxylic acids is 2. The molecule has 2 N–H and O–H groups in total. The number of aryl methyl sites for hydroxylation is 2. The molecule has 3 rings (SSSR count). The SMILES string of the molecule is Cc1cc(C)nc(Sc2ccc(SNC(=O)NC(=O)c3cccc(Cl)c3)cc2)n1. The van der Waals surface area contributed by atoms with Gasteiger partial charge in [-0.3, -0.25) is 14.8 Å². The fourth-order valence-corrected chi connectivity index (χ4v) is 3.94. The van der Waals surface area contributed by atoms with Crippen LogP contribution in [-0.4, -0.2) is 21.9 Å². The maximum atomic E-state index is 12.0. The summed E-state index contributed by atoms with van der Waals surface area (Å²) in [6, 6.07) is 15.3. The van der Waals surface area contributed by atoms with Gasteiger partial charge in [0.15, 0.2) is 5.16 Å². The van der Waals surface area contributed by atoms with Gasteiger partial charge in [-0.25, -0.2) is 14.8 Å². The Kier molecular flexibility index (Phi) is 7.13. The van der Waals surface area contributed by atoms with Gasteiger partial charge in [0.1, 0.15) is 0 Å². The standard InChI is InChI=1S/C20H17ClN4O2S2/c1-12-10-13(2)23-20(22-12)28-16-6-8-17(9-7-16)29-25-19(27)24-18(26)14-4-3-5-15(21)11-14/h3-11H,1-2H3,(H2,24,25,26,27). The molecule has 29 heavy (non-hydrogen) atoms. The highest BCUT2D eigenvalue weighted by molar-refractivity contribution is 7.99. The van der Waals surface area contributed by atoms with E-state index in [4.69, 9.17) is 11.6 Å². The molecule has 0 bridgehead atoms. The molecule has 0 aliphatic carbocycles. The van der Waals surface area contributed by atoms with Crippen LogP contribution in [0.5, 0.6) is 0 Å². The van der Waals surface area contributed by atoms with Crippen molar-refractivity contribution in [3.8, 4) is 0 Å². The fraction of sp³-hybridized carbons (Fsp3) is 0.100. The van der Waals surface area contributed by atoms with E-state index in [9.17, 15) is 9.59 Å². The Morgan fingerprint density at radius 2 is 1.59 bits per heavy atom. The van der Waals surface area contributed by atoms with Crippen molar-refractivity contribution in [3.63, 3.8) is 0 Å². The Bertz CT molecular complexity index is 1020. The highest BCUT2D eigenvalue weighted by atomic mass is 35.5. The van der Waals surface area contributed by atoms with E-state index in [-0.39, 0.29) is 0 Å². The lowest BCUT2D eigenvalue weighted by Gasteiger charge is -2.07. The number of rotatable bonds is 5. The van der Waals surface area contributed by atoms with Gasteiger partial charge >= 0.3 is 6.03 Å². The Balaban J connectivity index is 1.52. The molecule has 0 saturated heterocycles. The number of amides is 3. The summed E-state index contributed by atoms with van der Waals surface area (Å²) in [6.45, 7) is 3.87. The highest BCUT2D eigenvalue weighted by Crippen LogP contribution is 2.27. The van der Waals surface area contributed by atoms with Crippen LogP contribution in [0, 0.1) is 13.8 Å². The van der Waals surface area contributed by atoms with Crippen LogP contribution in [0.4, 0.5) is 4.79 Å². The minimum Gasteiger partial charge on any atom is -0.277 e. The molecule has 3 amide bonds. The summed E-state index contributed by atoms with van der Waals surface area (Å²) in [5, 5.41) is 3.38. The molecule has 0 unspecified atom stereocenters. The molecule has 6 nitrogen and oxygen atoms in total. The van der Waals surface area contributed by atoms with Gasteiger partial charge in [0, 0.05) is 31.8 Å². The molecule has 0 saturated carbocycles. The van der Waals surface area contributed by atoms with Crippen LogP contribution >= 0.6 is 35.3 Å². The molecule has 9 heteroatoms. The average molecular weight is 445 g/mol. The molecular formula is C20H17ClN4O2S2. The van der Waals surface area contributed by atoms with E-state index in [1.54, 1.807) is 18.2 Å². The van der Waals surface area contributed by atoms with E-state index in [1.807, 2.05) is 44.2 Å². The number of carbonyl (C=O) groups is 2. The first-order valence-electron chi connectivity index (χ1n) is 8.53. The molecule has 0 radical (unpaired) electrons. The molecule has 3 aromatic rings. The van der Waals surface area contributed by atoms with Gasteiger partial charge in [0.05, 0.1) is 0 Å². The Morgan fingerprint density at radius 3 is 2.24 bits per heavy atom. The summed E-state index contributed by atoms with van der Waals surface area (Å²) in [5.41, 5.74) is 2.16. The molecule has 1 heterocycles. The first kappa shape index (κ1) is 21.2. The van der Waals surface area contributed by atoms with Gasteiger partial charge in [-0.2, -0.15) is 0 Å². The number of aromatic nitrogens is 2. The zero-order chi connectivity index (χ0) is 20.8. The molecule has 0 aliphatic rings. The summed E-state index contributed by atoms with van der Waals surface area (Å²) in [7, 11) is 0. The fourth-order valence-electron chi connectivity index (χ4n) is 2.36. The monoisotopic (exact) mass is 444 g/mol. The summed E-state index contributed by atoms with van der Waals surface area (Å²) in [5.74, 6) is -0.522. The van der Waals surface area contributed by atoms with Crippen molar-refractivity contribution in [2.45, 2.75) is 28.8 Å². The number of benzene rings is 2. The molecule has 0 aliphatic heterocycles. The van der Waals surface area contributed by atoms with E-state index >= 15 is 0 Å². The molecule has 2 aromatic carbocycles. The highest BCUT2D eigenvalue weighted by Gasteiger charge is 2.11. The van der Waals surface area contributed by atoms with E-state index < -0.39 is 11.9 Å². The number of nitrogens with one attached hydrogen (secondary N) is 2. The first-order valence-corrected chi connectivity index (χ1v) is 10.5.